The fourth-order valence-electron chi connectivity index (χ4n) is 1.92. The second-order valence-corrected chi connectivity index (χ2v) is 4.86. The van der Waals surface area contributed by atoms with Crippen molar-refractivity contribution in [2.75, 3.05) is 13.1 Å². The van der Waals surface area contributed by atoms with Crippen molar-refractivity contribution in [2.24, 2.45) is 5.92 Å². The number of carbonyl (C=O) groups is 1. The molecule has 1 amide bonds. The second kappa shape index (κ2) is 6.43. The van der Waals surface area contributed by atoms with Gasteiger partial charge in [-0.15, -0.1) is 0 Å². The fraction of sp³-hybridized carbons (Fsp3) is 0.533. The summed E-state index contributed by atoms with van der Waals surface area (Å²) in [6.45, 7) is 9.63. The average Bonchev–Trinajstić information content (AvgIpc) is 2.34. The highest BCUT2D eigenvalue weighted by molar-refractivity contribution is 5.95. The number of aromatic hydroxyl groups is 1. The summed E-state index contributed by atoms with van der Waals surface area (Å²) in [7, 11) is 0. The Hall–Kier alpha value is -1.51. The molecule has 100 valence electrons. The summed E-state index contributed by atoms with van der Waals surface area (Å²) in [5.74, 6) is 0.760. The molecule has 0 aliphatic carbocycles. The molecule has 1 atom stereocenters. The number of aryl methyl sites for hydroxylation is 1. The van der Waals surface area contributed by atoms with Gasteiger partial charge in [-0.25, -0.2) is 0 Å². The second-order valence-electron chi connectivity index (χ2n) is 4.86. The minimum absolute atomic E-state index is 0.0512. The third-order valence-corrected chi connectivity index (χ3v) is 3.34. The van der Waals surface area contributed by atoms with Crippen LogP contribution in [0.1, 0.15) is 43.1 Å². The average molecular weight is 249 g/mol. The highest BCUT2D eigenvalue weighted by Gasteiger charge is 2.17. The number of phenols is 1. The number of nitrogens with zero attached hydrogens (tertiary/aromatic N) is 1. The number of benzene rings is 1. The molecule has 0 heterocycles. The molecule has 0 aliphatic rings. The molecule has 1 aromatic carbocycles. The summed E-state index contributed by atoms with van der Waals surface area (Å²) in [5.41, 5.74) is 1.50. The normalized spacial score (nSPS) is 12.2. The van der Waals surface area contributed by atoms with E-state index in [9.17, 15) is 9.90 Å². The molecule has 1 aromatic rings. The third-order valence-electron chi connectivity index (χ3n) is 3.34. The van der Waals surface area contributed by atoms with Crippen LogP contribution in [0.3, 0.4) is 0 Å². The Morgan fingerprint density at radius 3 is 2.56 bits per heavy atom. The number of amides is 1. The number of hydrogen-bond acceptors (Lipinski definition) is 2. The molecule has 1 unspecified atom stereocenters. The molecule has 0 saturated carbocycles. The van der Waals surface area contributed by atoms with E-state index in [1.54, 1.807) is 18.2 Å². The molecule has 0 saturated heterocycles. The maximum absolute atomic E-state index is 12.4. The van der Waals surface area contributed by atoms with Crippen LogP contribution in [0.25, 0.3) is 0 Å². The Morgan fingerprint density at radius 2 is 2.06 bits per heavy atom. The van der Waals surface area contributed by atoms with Crippen molar-refractivity contribution in [1.82, 2.24) is 4.90 Å². The largest absolute Gasteiger partial charge is 0.508 e. The van der Waals surface area contributed by atoms with Crippen LogP contribution in [0.2, 0.25) is 0 Å². The number of rotatable bonds is 5. The topological polar surface area (TPSA) is 40.5 Å². The SMILES string of the molecule is CCC(C)CN(CC)C(=O)c1ccc(O)cc1C. The van der Waals surface area contributed by atoms with Crippen LogP contribution in [0.5, 0.6) is 5.75 Å². The van der Waals surface area contributed by atoms with Crippen LogP contribution < -0.4 is 0 Å². The first kappa shape index (κ1) is 14.6. The zero-order chi connectivity index (χ0) is 13.7. The smallest absolute Gasteiger partial charge is 0.254 e. The van der Waals surface area contributed by atoms with Gasteiger partial charge in [0.1, 0.15) is 5.75 Å². The van der Waals surface area contributed by atoms with Gasteiger partial charge in [-0.2, -0.15) is 0 Å². The molecule has 1 rings (SSSR count). The molecular formula is C15H23NO2. The molecule has 0 fully saturated rings. The standard InChI is InChI=1S/C15H23NO2/c1-5-11(3)10-16(6-2)15(18)14-8-7-13(17)9-12(14)4/h7-9,11,17H,5-6,10H2,1-4H3. The van der Waals surface area contributed by atoms with Crippen LogP contribution in [0, 0.1) is 12.8 Å². The van der Waals surface area contributed by atoms with Crippen molar-refractivity contribution in [3.05, 3.63) is 29.3 Å². The van der Waals surface area contributed by atoms with Crippen molar-refractivity contribution in [3.8, 4) is 5.75 Å². The summed E-state index contributed by atoms with van der Waals surface area (Å²) in [6.07, 6.45) is 1.07. The Bertz CT molecular complexity index is 415. The lowest BCUT2D eigenvalue weighted by atomic mass is 10.0. The lowest BCUT2D eigenvalue weighted by molar-refractivity contribution is 0.0740. The Balaban J connectivity index is 2.89. The fourth-order valence-corrected chi connectivity index (χ4v) is 1.92. The van der Waals surface area contributed by atoms with Gasteiger partial charge in [-0.3, -0.25) is 4.79 Å². The zero-order valence-corrected chi connectivity index (χ0v) is 11.7. The van der Waals surface area contributed by atoms with Gasteiger partial charge < -0.3 is 10.0 Å². The van der Waals surface area contributed by atoms with Gasteiger partial charge in [0.15, 0.2) is 0 Å². The minimum Gasteiger partial charge on any atom is -0.508 e. The number of carbonyl (C=O) groups excluding carboxylic acids is 1. The predicted octanol–water partition coefficient (Wildman–Crippen LogP) is 3.21. The van der Waals surface area contributed by atoms with Gasteiger partial charge in [0, 0.05) is 18.7 Å². The number of hydrogen-bond donors (Lipinski definition) is 1. The first-order valence-electron chi connectivity index (χ1n) is 6.58. The van der Waals surface area contributed by atoms with Crippen LogP contribution >= 0.6 is 0 Å². The van der Waals surface area contributed by atoms with Crippen molar-refractivity contribution in [2.45, 2.75) is 34.1 Å². The van der Waals surface area contributed by atoms with Crippen molar-refractivity contribution < 1.29 is 9.90 Å². The lowest BCUT2D eigenvalue weighted by Gasteiger charge is -2.24. The quantitative estimate of drug-likeness (QED) is 0.870. The van der Waals surface area contributed by atoms with E-state index in [-0.39, 0.29) is 11.7 Å². The van der Waals surface area contributed by atoms with Crippen molar-refractivity contribution >= 4 is 5.91 Å². The Kier molecular flexibility index (Phi) is 5.20. The molecule has 3 nitrogen and oxygen atoms in total. The maximum Gasteiger partial charge on any atom is 0.254 e. The molecule has 18 heavy (non-hydrogen) atoms. The minimum atomic E-state index is 0.0512. The summed E-state index contributed by atoms with van der Waals surface area (Å²) in [6, 6.07) is 4.90. The summed E-state index contributed by atoms with van der Waals surface area (Å²) in [4.78, 5) is 14.3. The van der Waals surface area contributed by atoms with E-state index in [4.69, 9.17) is 0 Å². The van der Waals surface area contributed by atoms with Gasteiger partial charge >= 0.3 is 0 Å². The molecular weight excluding hydrogens is 226 g/mol. The molecule has 1 N–H and O–H groups in total. The number of phenolic OH excluding ortho intramolecular Hbond substituents is 1. The zero-order valence-electron chi connectivity index (χ0n) is 11.7. The van der Waals surface area contributed by atoms with Gasteiger partial charge in [0.05, 0.1) is 0 Å². The van der Waals surface area contributed by atoms with Crippen LogP contribution in [-0.4, -0.2) is 29.0 Å². The lowest BCUT2D eigenvalue weighted by Crippen LogP contribution is -2.34. The van der Waals surface area contributed by atoms with Crippen LogP contribution in [-0.2, 0) is 0 Å². The van der Waals surface area contributed by atoms with E-state index in [0.717, 1.165) is 18.5 Å². The molecule has 0 spiro atoms. The van der Waals surface area contributed by atoms with E-state index in [1.807, 2.05) is 18.7 Å². The molecule has 0 aliphatic heterocycles. The van der Waals surface area contributed by atoms with E-state index < -0.39 is 0 Å². The monoisotopic (exact) mass is 249 g/mol. The van der Waals surface area contributed by atoms with Gasteiger partial charge in [0.25, 0.3) is 5.91 Å². The first-order chi connectivity index (χ1) is 8.49. The Labute approximate surface area is 109 Å². The Morgan fingerprint density at radius 1 is 1.39 bits per heavy atom. The summed E-state index contributed by atoms with van der Waals surface area (Å²) in [5, 5.41) is 9.37. The highest BCUT2D eigenvalue weighted by Crippen LogP contribution is 2.18. The van der Waals surface area contributed by atoms with Gasteiger partial charge in [-0.1, -0.05) is 20.3 Å². The molecule has 3 heteroatoms. The van der Waals surface area contributed by atoms with Gasteiger partial charge in [-0.05, 0) is 43.5 Å². The third kappa shape index (κ3) is 3.49. The predicted molar refractivity (Wildman–Crippen MR) is 73.9 cm³/mol. The molecule has 0 radical (unpaired) electrons. The van der Waals surface area contributed by atoms with Crippen LogP contribution in [0.4, 0.5) is 0 Å². The summed E-state index contributed by atoms with van der Waals surface area (Å²) < 4.78 is 0. The van der Waals surface area contributed by atoms with E-state index >= 15 is 0 Å². The van der Waals surface area contributed by atoms with Crippen molar-refractivity contribution in [1.29, 1.82) is 0 Å². The summed E-state index contributed by atoms with van der Waals surface area (Å²) >= 11 is 0. The molecule has 0 aromatic heterocycles. The van der Waals surface area contributed by atoms with Crippen molar-refractivity contribution in [3.63, 3.8) is 0 Å². The maximum atomic E-state index is 12.4. The highest BCUT2D eigenvalue weighted by atomic mass is 16.3. The van der Waals surface area contributed by atoms with E-state index in [0.29, 0.717) is 18.0 Å². The van der Waals surface area contributed by atoms with E-state index in [1.165, 1.54) is 0 Å². The first-order valence-corrected chi connectivity index (χ1v) is 6.58. The molecule has 0 bridgehead atoms. The van der Waals surface area contributed by atoms with Gasteiger partial charge in [0.2, 0.25) is 0 Å². The van der Waals surface area contributed by atoms with Crippen LogP contribution in [0.15, 0.2) is 18.2 Å². The van der Waals surface area contributed by atoms with E-state index in [2.05, 4.69) is 13.8 Å².